The minimum Gasteiger partial charge on any atom is -0.508 e. The second-order valence-corrected chi connectivity index (χ2v) is 9.37. The van der Waals surface area contributed by atoms with E-state index in [-0.39, 0.29) is 15.7 Å². The summed E-state index contributed by atoms with van der Waals surface area (Å²) in [6.07, 6.45) is 1.10. The van der Waals surface area contributed by atoms with Crippen molar-refractivity contribution in [3.8, 4) is 16.2 Å². The molecule has 2 aromatic carbocycles. The highest BCUT2D eigenvalue weighted by molar-refractivity contribution is 7.90. The minimum absolute atomic E-state index is 0.0408. The number of halogens is 1. The number of nitrogens with zero attached hydrogens (tertiary/aromatic N) is 1. The summed E-state index contributed by atoms with van der Waals surface area (Å²) in [6, 6.07) is 10.3. The number of aryl methyl sites for hydroxylation is 1. The molecular formula is C18H16ClN3O4S2. The lowest BCUT2D eigenvalue weighted by Crippen LogP contribution is -2.19. The van der Waals surface area contributed by atoms with Crippen LogP contribution in [-0.4, -0.2) is 30.8 Å². The second-order valence-electron chi connectivity index (χ2n) is 5.98. The standard InChI is InChI=1S/C18H16ClN3O4S2/c1-10-16(11-3-8-14(19)15(9-11)28(2,25)26)27-18(20-10)22-17(24)21-12-4-6-13(23)7-5-12/h3-9,23H,1-2H3,(H2,20,21,22,24). The van der Waals surface area contributed by atoms with Crippen molar-refractivity contribution in [2.45, 2.75) is 11.8 Å². The number of hydrogen-bond acceptors (Lipinski definition) is 6. The van der Waals surface area contributed by atoms with Crippen LogP contribution < -0.4 is 10.6 Å². The van der Waals surface area contributed by atoms with Gasteiger partial charge in [0, 0.05) is 11.9 Å². The normalized spacial score (nSPS) is 11.2. The molecule has 0 bridgehead atoms. The molecule has 0 spiro atoms. The van der Waals surface area contributed by atoms with Crippen molar-refractivity contribution in [2.75, 3.05) is 16.9 Å². The van der Waals surface area contributed by atoms with Gasteiger partial charge in [0.2, 0.25) is 0 Å². The quantitative estimate of drug-likeness (QED) is 0.520. The summed E-state index contributed by atoms with van der Waals surface area (Å²) in [7, 11) is -3.47. The first kappa shape index (κ1) is 20.1. The molecule has 0 unspecified atom stereocenters. The van der Waals surface area contributed by atoms with E-state index in [1.54, 1.807) is 25.1 Å². The second kappa shape index (κ2) is 7.78. The topological polar surface area (TPSA) is 108 Å². The maximum absolute atomic E-state index is 12.1. The molecule has 0 aliphatic heterocycles. The number of anilines is 2. The summed E-state index contributed by atoms with van der Waals surface area (Å²) in [5.41, 5.74) is 1.80. The van der Waals surface area contributed by atoms with E-state index in [9.17, 15) is 18.3 Å². The fraction of sp³-hybridized carbons (Fsp3) is 0.111. The summed E-state index contributed by atoms with van der Waals surface area (Å²) in [4.78, 5) is 17.2. The number of hydrogen-bond donors (Lipinski definition) is 3. The Bertz CT molecular complexity index is 1140. The molecule has 7 nitrogen and oxygen atoms in total. The fourth-order valence-corrected chi connectivity index (χ4v) is 4.71. The maximum Gasteiger partial charge on any atom is 0.325 e. The Kier molecular flexibility index (Phi) is 5.59. The van der Waals surface area contributed by atoms with Gasteiger partial charge in [-0.2, -0.15) is 0 Å². The van der Waals surface area contributed by atoms with E-state index in [0.717, 1.165) is 11.1 Å². The van der Waals surface area contributed by atoms with Crippen LogP contribution in [0.3, 0.4) is 0 Å². The molecule has 2 amide bonds. The summed E-state index contributed by atoms with van der Waals surface area (Å²) in [5, 5.41) is 15.1. The van der Waals surface area contributed by atoms with Crippen LogP contribution in [0.1, 0.15) is 5.69 Å². The van der Waals surface area contributed by atoms with Crippen LogP contribution in [0, 0.1) is 6.92 Å². The molecule has 28 heavy (non-hydrogen) atoms. The van der Waals surface area contributed by atoms with Crippen LogP contribution in [-0.2, 0) is 9.84 Å². The third kappa shape index (κ3) is 4.61. The fourth-order valence-electron chi connectivity index (χ4n) is 2.45. The first-order chi connectivity index (χ1) is 13.1. The average Bonchev–Trinajstić information content (AvgIpc) is 2.96. The van der Waals surface area contributed by atoms with Crippen LogP contribution in [0.15, 0.2) is 47.4 Å². The van der Waals surface area contributed by atoms with Crippen molar-refractivity contribution in [1.82, 2.24) is 4.98 Å². The van der Waals surface area contributed by atoms with Gasteiger partial charge < -0.3 is 10.4 Å². The Morgan fingerprint density at radius 2 is 1.82 bits per heavy atom. The van der Waals surface area contributed by atoms with E-state index in [2.05, 4.69) is 15.6 Å². The van der Waals surface area contributed by atoms with Gasteiger partial charge in [-0.25, -0.2) is 18.2 Å². The molecule has 3 rings (SSSR count). The number of urea groups is 1. The molecular weight excluding hydrogens is 422 g/mol. The molecule has 3 aromatic rings. The van der Waals surface area contributed by atoms with E-state index in [4.69, 9.17) is 11.6 Å². The number of nitrogens with one attached hydrogen (secondary N) is 2. The lowest BCUT2D eigenvalue weighted by molar-refractivity contribution is 0.262. The summed E-state index contributed by atoms with van der Waals surface area (Å²) < 4.78 is 23.8. The number of carbonyl (C=O) groups excluding carboxylic acids is 1. The molecule has 0 fully saturated rings. The zero-order valence-corrected chi connectivity index (χ0v) is 17.2. The van der Waals surface area contributed by atoms with Crippen molar-refractivity contribution in [3.05, 3.63) is 53.2 Å². The zero-order chi connectivity index (χ0) is 20.5. The SMILES string of the molecule is Cc1nc(NC(=O)Nc2ccc(O)cc2)sc1-c1ccc(Cl)c(S(C)(=O)=O)c1. The van der Waals surface area contributed by atoms with Crippen LogP contribution in [0.4, 0.5) is 15.6 Å². The number of sulfone groups is 1. The van der Waals surface area contributed by atoms with Gasteiger partial charge in [-0.15, -0.1) is 0 Å². The molecule has 0 aliphatic rings. The Labute approximate surface area is 170 Å². The van der Waals surface area contributed by atoms with Gasteiger partial charge in [-0.3, -0.25) is 5.32 Å². The minimum atomic E-state index is -3.47. The number of rotatable bonds is 4. The zero-order valence-electron chi connectivity index (χ0n) is 14.9. The highest BCUT2D eigenvalue weighted by Crippen LogP contribution is 2.35. The monoisotopic (exact) mass is 437 g/mol. The number of amides is 2. The maximum atomic E-state index is 12.1. The number of benzene rings is 2. The molecule has 1 heterocycles. The molecule has 0 atom stereocenters. The largest absolute Gasteiger partial charge is 0.508 e. The molecule has 0 aliphatic carbocycles. The van der Waals surface area contributed by atoms with E-state index in [0.29, 0.717) is 22.1 Å². The van der Waals surface area contributed by atoms with E-state index >= 15 is 0 Å². The summed E-state index contributed by atoms with van der Waals surface area (Å²) in [5.74, 6) is 0.0996. The van der Waals surface area contributed by atoms with E-state index in [1.165, 1.54) is 35.6 Å². The number of phenols is 1. The molecule has 0 radical (unpaired) electrons. The highest BCUT2D eigenvalue weighted by atomic mass is 35.5. The summed E-state index contributed by atoms with van der Waals surface area (Å²) in [6.45, 7) is 1.77. The molecule has 3 N–H and O–H groups in total. The Morgan fingerprint density at radius 1 is 1.14 bits per heavy atom. The van der Waals surface area contributed by atoms with Gasteiger partial charge in [0.15, 0.2) is 15.0 Å². The molecule has 0 saturated carbocycles. The van der Waals surface area contributed by atoms with E-state index < -0.39 is 15.9 Å². The van der Waals surface area contributed by atoms with Crippen molar-refractivity contribution in [1.29, 1.82) is 0 Å². The lowest BCUT2D eigenvalue weighted by Gasteiger charge is -2.05. The Morgan fingerprint density at radius 3 is 2.46 bits per heavy atom. The van der Waals surface area contributed by atoms with Gasteiger partial charge in [-0.1, -0.05) is 29.0 Å². The van der Waals surface area contributed by atoms with Gasteiger partial charge in [0.25, 0.3) is 0 Å². The Hall–Kier alpha value is -2.62. The number of carbonyl (C=O) groups is 1. The first-order valence-corrected chi connectivity index (χ1v) is 11.1. The average molecular weight is 438 g/mol. The Balaban J connectivity index is 1.82. The molecule has 10 heteroatoms. The van der Waals surface area contributed by atoms with Crippen molar-refractivity contribution >= 4 is 49.6 Å². The first-order valence-electron chi connectivity index (χ1n) is 7.98. The van der Waals surface area contributed by atoms with Crippen molar-refractivity contribution < 1.29 is 18.3 Å². The molecule has 0 saturated heterocycles. The van der Waals surface area contributed by atoms with Crippen LogP contribution in [0.2, 0.25) is 5.02 Å². The smallest absolute Gasteiger partial charge is 0.325 e. The van der Waals surface area contributed by atoms with Gasteiger partial charge in [0.05, 0.1) is 20.5 Å². The third-order valence-corrected chi connectivity index (χ3v) is 6.44. The summed E-state index contributed by atoms with van der Waals surface area (Å²) >= 11 is 7.21. The van der Waals surface area contributed by atoms with Crippen molar-refractivity contribution in [3.63, 3.8) is 0 Å². The van der Waals surface area contributed by atoms with Gasteiger partial charge in [-0.05, 0) is 48.9 Å². The number of aromatic nitrogens is 1. The lowest BCUT2D eigenvalue weighted by atomic mass is 10.2. The molecule has 1 aromatic heterocycles. The number of thiazole rings is 1. The van der Waals surface area contributed by atoms with E-state index in [1.807, 2.05) is 0 Å². The third-order valence-electron chi connectivity index (χ3n) is 3.74. The van der Waals surface area contributed by atoms with Gasteiger partial charge >= 0.3 is 6.03 Å². The number of aromatic hydroxyl groups is 1. The van der Waals surface area contributed by atoms with Crippen LogP contribution in [0.5, 0.6) is 5.75 Å². The predicted molar refractivity (Wildman–Crippen MR) is 111 cm³/mol. The predicted octanol–water partition coefficient (Wildman–Crippen LogP) is 4.53. The van der Waals surface area contributed by atoms with Crippen LogP contribution in [0.25, 0.3) is 10.4 Å². The molecule has 146 valence electrons. The van der Waals surface area contributed by atoms with Crippen molar-refractivity contribution in [2.24, 2.45) is 0 Å². The number of phenolic OH excluding ortho intramolecular Hbond substituents is 1. The van der Waals surface area contributed by atoms with Crippen LogP contribution >= 0.6 is 22.9 Å². The van der Waals surface area contributed by atoms with Gasteiger partial charge in [0.1, 0.15) is 5.75 Å². The highest BCUT2D eigenvalue weighted by Gasteiger charge is 2.17.